The average molecular weight is 571 g/mol. The average Bonchev–Trinajstić information content (AvgIpc) is 3.31. The molecule has 0 unspecified atom stereocenters. The molecule has 0 spiro atoms. The first kappa shape index (κ1) is 26.8. The first-order chi connectivity index (χ1) is 20.4. The molecule has 0 saturated carbocycles. The van der Waals surface area contributed by atoms with Gasteiger partial charge in [-0.3, -0.25) is 14.3 Å². The van der Waals surface area contributed by atoms with Crippen molar-refractivity contribution in [2.75, 3.05) is 6.61 Å². The Kier molecular flexibility index (Phi) is 7.17. The van der Waals surface area contributed by atoms with Crippen LogP contribution in [0, 0.1) is 0 Å². The lowest BCUT2D eigenvalue weighted by molar-refractivity contribution is -0.0498. The minimum absolute atomic E-state index is 0.0307. The number of aryl methyl sites for hydroxylation is 1. The lowest BCUT2D eigenvalue weighted by Crippen LogP contribution is -2.21. The van der Waals surface area contributed by atoms with Gasteiger partial charge in [-0.1, -0.05) is 6.07 Å². The standard InChI is InChI=1S/C30H24F2N6O4/c1-3-40-30-34-15-19-13-23(28(39)38(27(19)36-30)20-7-9-21(10-8-20)42-29(31)32)18-6-11-24-25(14-18)37(2)26(35-24)17-41-22-5-4-12-33-16-22/h4-16,29H,3,17H2,1-2H3. The molecule has 0 N–H and O–H groups in total. The molecule has 0 atom stereocenters. The maximum Gasteiger partial charge on any atom is 0.387 e. The van der Waals surface area contributed by atoms with Gasteiger partial charge in [0, 0.05) is 30.4 Å². The first-order valence-corrected chi connectivity index (χ1v) is 13.0. The second kappa shape index (κ2) is 11.2. The number of imidazole rings is 1. The minimum atomic E-state index is -2.96. The number of hydrogen-bond acceptors (Lipinski definition) is 8. The summed E-state index contributed by atoms with van der Waals surface area (Å²) in [5, 5.41) is 0.580. The number of halogens is 2. The fourth-order valence-corrected chi connectivity index (χ4v) is 4.62. The van der Waals surface area contributed by atoms with Crippen molar-refractivity contribution >= 4 is 22.1 Å². The van der Waals surface area contributed by atoms with Crippen LogP contribution in [-0.4, -0.2) is 42.3 Å². The molecule has 0 saturated heterocycles. The summed E-state index contributed by atoms with van der Waals surface area (Å²) in [5.41, 5.74) is 2.93. The van der Waals surface area contributed by atoms with Gasteiger partial charge in [-0.05, 0) is 67.1 Å². The summed E-state index contributed by atoms with van der Waals surface area (Å²) in [6.45, 7) is -0.586. The van der Waals surface area contributed by atoms with Crippen LogP contribution in [0.5, 0.6) is 17.5 Å². The number of benzene rings is 2. The zero-order valence-corrected chi connectivity index (χ0v) is 22.6. The summed E-state index contributed by atoms with van der Waals surface area (Å²) in [5.74, 6) is 1.30. The number of pyridine rings is 2. The minimum Gasteiger partial charge on any atom is -0.484 e. The smallest absolute Gasteiger partial charge is 0.387 e. The van der Waals surface area contributed by atoms with Crippen molar-refractivity contribution in [3.05, 3.63) is 95.4 Å². The van der Waals surface area contributed by atoms with E-state index in [1.165, 1.54) is 28.8 Å². The molecule has 10 nitrogen and oxygen atoms in total. The molecular formula is C30H24F2N6O4. The Hall–Kier alpha value is -5.39. The molecule has 0 radical (unpaired) electrons. The quantitative estimate of drug-likeness (QED) is 0.230. The van der Waals surface area contributed by atoms with Gasteiger partial charge in [0.05, 0.1) is 29.5 Å². The summed E-state index contributed by atoms with van der Waals surface area (Å²) in [4.78, 5) is 31.6. The zero-order valence-electron chi connectivity index (χ0n) is 22.6. The fourth-order valence-electron chi connectivity index (χ4n) is 4.62. The molecule has 0 aliphatic heterocycles. The Bertz CT molecular complexity index is 1940. The third-order valence-electron chi connectivity index (χ3n) is 6.60. The van der Waals surface area contributed by atoms with Crippen molar-refractivity contribution in [3.8, 4) is 34.3 Å². The van der Waals surface area contributed by atoms with Gasteiger partial charge < -0.3 is 18.8 Å². The molecule has 2 aromatic carbocycles. The van der Waals surface area contributed by atoms with Gasteiger partial charge in [-0.2, -0.15) is 13.8 Å². The number of nitrogens with zero attached hydrogens (tertiary/aromatic N) is 6. The van der Waals surface area contributed by atoms with Crippen molar-refractivity contribution in [3.63, 3.8) is 0 Å². The van der Waals surface area contributed by atoms with Crippen molar-refractivity contribution in [1.29, 1.82) is 0 Å². The molecule has 0 aliphatic carbocycles. The van der Waals surface area contributed by atoms with Crippen LogP contribution in [0.25, 0.3) is 38.9 Å². The lowest BCUT2D eigenvalue weighted by atomic mass is 10.0. The monoisotopic (exact) mass is 570 g/mol. The molecule has 6 rings (SSSR count). The predicted octanol–water partition coefficient (Wildman–Crippen LogP) is 5.31. The number of rotatable bonds is 9. The third kappa shape index (κ3) is 5.21. The van der Waals surface area contributed by atoms with Crippen LogP contribution in [0.3, 0.4) is 0 Å². The highest BCUT2D eigenvalue weighted by Gasteiger charge is 2.18. The van der Waals surface area contributed by atoms with E-state index in [1.54, 1.807) is 37.6 Å². The van der Waals surface area contributed by atoms with E-state index >= 15 is 0 Å². The number of alkyl halides is 2. The molecule has 0 bridgehead atoms. The van der Waals surface area contributed by atoms with E-state index in [4.69, 9.17) is 14.5 Å². The Morgan fingerprint density at radius 2 is 1.79 bits per heavy atom. The molecule has 12 heteroatoms. The van der Waals surface area contributed by atoms with Crippen LogP contribution >= 0.6 is 0 Å². The van der Waals surface area contributed by atoms with Crippen molar-refractivity contribution in [1.82, 2.24) is 29.1 Å². The van der Waals surface area contributed by atoms with Crippen molar-refractivity contribution in [2.24, 2.45) is 7.05 Å². The normalized spacial score (nSPS) is 11.4. The summed E-state index contributed by atoms with van der Waals surface area (Å²) >= 11 is 0. The fraction of sp³-hybridized carbons (Fsp3) is 0.167. The lowest BCUT2D eigenvalue weighted by Gasteiger charge is -2.14. The summed E-state index contributed by atoms with van der Waals surface area (Å²) < 4.78 is 44.5. The number of fused-ring (bicyclic) bond motifs is 2. The molecular weight excluding hydrogens is 546 g/mol. The van der Waals surface area contributed by atoms with E-state index in [2.05, 4.69) is 19.7 Å². The van der Waals surface area contributed by atoms with Gasteiger partial charge in [0.2, 0.25) is 0 Å². The molecule has 0 fully saturated rings. The van der Waals surface area contributed by atoms with Gasteiger partial charge in [-0.25, -0.2) is 9.97 Å². The summed E-state index contributed by atoms with van der Waals surface area (Å²) in [7, 11) is 1.88. The highest BCUT2D eigenvalue weighted by Crippen LogP contribution is 2.27. The zero-order chi connectivity index (χ0) is 29.2. The van der Waals surface area contributed by atoms with E-state index < -0.39 is 6.61 Å². The van der Waals surface area contributed by atoms with E-state index in [0.29, 0.717) is 46.0 Å². The van der Waals surface area contributed by atoms with E-state index in [0.717, 1.165) is 11.0 Å². The van der Waals surface area contributed by atoms with Gasteiger partial charge >= 0.3 is 12.6 Å². The highest BCUT2D eigenvalue weighted by molar-refractivity contribution is 5.87. The molecule has 0 aliphatic rings. The van der Waals surface area contributed by atoms with Crippen molar-refractivity contribution in [2.45, 2.75) is 20.1 Å². The first-order valence-electron chi connectivity index (χ1n) is 13.0. The molecule has 0 amide bonds. The summed E-state index contributed by atoms with van der Waals surface area (Å²) in [6.07, 6.45) is 4.88. The number of ether oxygens (including phenoxy) is 3. The molecule has 212 valence electrons. The van der Waals surface area contributed by atoms with Crippen LogP contribution in [-0.2, 0) is 13.7 Å². The Morgan fingerprint density at radius 1 is 0.952 bits per heavy atom. The van der Waals surface area contributed by atoms with Crippen LogP contribution in [0.15, 0.2) is 84.0 Å². The molecule has 4 aromatic heterocycles. The van der Waals surface area contributed by atoms with Crippen LogP contribution in [0.2, 0.25) is 0 Å². The van der Waals surface area contributed by atoms with E-state index in [1.807, 2.05) is 35.9 Å². The van der Waals surface area contributed by atoms with E-state index in [-0.39, 0.29) is 23.9 Å². The predicted molar refractivity (Wildman–Crippen MR) is 151 cm³/mol. The van der Waals surface area contributed by atoms with Gasteiger partial charge in [0.15, 0.2) is 5.65 Å². The topological polar surface area (TPSA) is 106 Å². The largest absolute Gasteiger partial charge is 0.484 e. The van der Waals surface area contributed by atoms with Gasteiger partial charge in [0.25, 0.3) is 5.56 Å². The van der Waals surface area contributed by atoms with Crippen LogP contribution in [0.4, 0.5) is 8.78 Å². The Labute approximate surface area is 237 Å². The number of aromatic nitrogens is 6. The summed E-state index contributed by atoms with van der Waals surface area (Å²) in [6, 6.07) is 16.8. The van der Waals surface area contributed by atoms with E-state index in [9.17, 15) is 13.6 Å². The Morgan fingerprint density at radius 3 is 2.52 bits per heavy atom. The maximum absolute atomic E-state index is 14.1. The highest BCUT2D eigenvalue weighted by atomic mass is 19.3. The molecule has 42 heavy (non-hydrogen) atoms. The van der Waals surface area contributed by atoms with Crippen molar-refractivity contribution < 1.29 is 23.0 Å². The second-order valence-corrected chi connectivity index (χ2v) is 9.20. The second-order valence-electron chi connectivity index (χ2n) is 9.20. The maximum atomic E-state index is 14.1. The Balaban J connectivity index is 1.45. The van der Waals surface area contributed by atoms with Gasteiger partial charge in [0.1, 0.15) is 23.9 Å². The van der Waals surface area contributed by atoms with Crippen LogP contribution in [0.1, 0.15) is 12.7 Å². The molecule has 4 heterocycles. The SMILES string of the molecule is CCOc1ncc2cc(-c3ccc4nc(COc5cccnc5)n(C)c4c3)c(=O)n(-c3ccc(OC(F)F)cc3)c2n1. The molecule has 6 aromatic rings. The number of hydrogen-bond donors (Lipinski definition) is 0. The van der Waals surface area contributed by atoms with Gasteiger partial charge in [-0.15, -0.1) is 0 Å². The third-order valence-corrected chi connectivity index (χ3v) is 6.60. The van der Waals surface area contributed by atoms with Crippen LogP contribution < -0.4 is 19.8 Å².